The van der Waals surface area contributed by atoms with Crippen molar-refractivity contribution in [2.75, 3.05) is 27.7 Å². The van der Waals surface area contributed by atoms with Crippen molar-refractivity contribution < 1.29 is 45.5 Å². The van der Waals surface area contributed by atoms with Crippen LogP contribution in [0.5, 0.6) is 0 Å². The van der Waals surface area contributed by atoms with Gasteiger partial charge in [0.25, 0.3) is 0 Å². The van der Waals surface area contributed by atoms with E-state index >= 15 is 0 Å². The number of nitrogens with zero attached hydrogens (tertiary/aromatic N) is 1. The summed E-state index contributed by atoms with van der Waals surface area (Å²) in [6.07, 6.45) is 18.5. The maximum Gasteiger partial charge on any atom is 2.00 e. The van der Waals surface area contributed by atoms with Gasteiger partial charge in [-0.05, 0) is 57.8 Å². The van der Waals surface area contributed by atoms with Crippen LogP contribution in [0, 0.1) is 63.7 Å². The summed E-state index contributed by atoms with van der Waals surface area (Å²) in [6.45, 7) is 1.12. The van der Waals surface area contributed by atoms with E-state index < -0.39 is 0 Å². The summed E-state index contributed by atoms with van der Waals surface area (Å²) in [6, 6.07) is 0. The number of quaternary nitrogens is 1. The Bertz CT molecular complexity index is 150. The Labute approximate surface area is 136 Å². The fraction of sp³-hybridized carbons (Fsp3) is 0.286. The van der Waals surface area contributed by atoms with Gasteiger partial charge >= 0.3 is 17.1 Å². The van der Waals surface area contributed by atoms with E-state index in [1.807, 2.05) is 32.1 Å². The molecule has 2 aliphatic carbocycles. The predicted molar refractivity (Wildman–Crippen MR) is 64.8 cm³/mol. The molecule has 0 amide bonds. The molecule has 0 bridgehead atoms. The Morgan fingerprint density at radius 2 is 1.12 bits per heavy atom. The van der Waals surface area contributed by atoms with Gasteiger partial charge in [0.15, 0.2) is 0 Å². The van der Waals surface area contributed by atoms with E-state index in [1.54, 1.807) is 0 Å². The van der Waals surface area contributed by atoms with E-state index in [0.717, 1.165) is 11.0 Å². The molecule has 3 heteroatoms. The molecule has 2 rings (SSSR count). The van der Waals surface area contributed by atoms with Crippen molar-refractivity contribution in [3.63, 3.8) is 0 Å². The van der Waals surface area contributed by atoms with Crippen LogP contribution >= 0.6 is 0 Å². The van der Waals surface area contributed by atoms with Crippen molar-refractivity contribution in [3.8, 4) is 0 Å². The fourth-order valence-electron chi connectivity index (χ4n) is 1.39. The van der Waals surface area contributed by atoms with Crippen LogP contribution in [0.15, 0.2) is 0 Å². The SMILES string of the molecule is C[N+](C)(C)C[C]1[CH][CH][CH][CH]1.[CH]1[CH][CH][CH][CH]1.[Fe+2].[I-]. The molecule has 0 spiro atoms. The van der Waals surface area contributed by atoms with E-state index in [4.69, 9.17) is 0 Å². The van der Waals surface area contributed by atoms with Crippen molar-refractivity contribution in [3.05, 3.63) is 63.7 Å². The molecular weight excluding hydrogens is 365 g/mol. The maximum atomic E-state index is 2.20. The fourth-order valence-corrected chi connectivity index (χ4v) is 1.39. The number of rotatable bonds is 2. The average Bonchev–Trinajstić information content (AvgIpc) is 2.71. The monoisotopic (exact) mass is 385 g/mol. The molecule has 17 heavy (non-hydrogen) atoms. The van der Waals surface area contributed by atoms with Crippen molar-refractivity contribution in [1.82, 2.24) is 0 Å². The van der Waals surface area contributed by atoms with Gasteiger partial charge in [-0.2, -0.15) is 0 Å². The first-order valence-corrected chi connectivity index (χ1v) is 5.26. The van der Waals surface area contributed by atoms with E-state index in [-0.39, 0.29) is 41.0 Å². The summed E-state index contributed by atoms with van der Waals surface area (Å²) in [5, 5.41) is 0. The molecular formula is C14H20FeIN+2. The van der Waals surface area contributed by atoms with Gasteiger partial charge in [-0.15, -0.1) is 0 Å². The molecule has 2 aliphatic rings. The van der Waals surface area contributed by atoms with E-state index in [1.165, 1.54) is 5.92 Å². The van der Waals surface area contributed by atoms with E-state index in [9.17, 15) is 0 Å². The summed E-state index contributed by atoms with van der Waals surface area (Å²) >= 11 is 0. The number of hydrogen-bond donors (Lipinski definition) is 0. The summed E-state index contributed by atoms with van der Waals surface area (Å²) < 4.78 is 1.00. The Morgan fingerprint density at radius 1 is 0.765 bits per heavy atom. The minimum Gasteiger partial charge on any atom is -1.00 e. The number of halogens is 1. The normalized spacial score (nSPS) is 19.9. The van der Waals surface area contributed by atoms with Crippen LogP contribution in [0.3, 0.4) is 0 Å². The van der Waals surface area contributed by atoms with Gasteiger partial charge in [-0.1, -0.05) is 0 Å². The Hall–Kier alpha value is 1.21. The third kappa shape index (κ3) is 12.0. The summed E-state index contributed by atoms with van der Waals surface area (Å²) in [5.41, 5.74) is 0. The molecule has 10 radical (unpaired) electrons. The molecule has 0 aromatic rings. The van der Waals surface area contributed by atoms with Crippen LogP contribution in [-0.2, 0) is 17.1 Å². The van der Waals surface area contributed by atoms with Crippen molar-refractivity contribution >= 4 is 0 Å². The molecule has 0 aliphatic heterocycles. The second kappa shape index (κ2) is 11.1. The van der Waals surface area contributed by atoms with Gasteiger partial charge in [-0.3, -0.25) is 0 Å². The van der Waals surface area contributed by atoms with E-state index in [0.29, 0.717) is 0 Å². The third-order valence-electron chi connectivity index (χ3n) is 1.94. The average molecular weight is 385 g/mol. The molecule has 2 fully saturated rings. The molecule has 0 atom stereocenters. The first-order valence-electron chi connectivity index (χ1n) is 5.26. The largest absolute Gasteiger partial charge is 2.00 e. The van der Waals surface area contributed by atoms with Gasteiger partial charge in [0, 0.05) is 5.92 Å². The second-order valence-corrected chi connectivity index (χ2v) is 4.70. The minimum absolute atomic E-state index is 0. The zero-order valence-electron chi connectivity index (χ0n) is 10.6. The quantitative estimate of drug-likeness (QED) is 0.329. The Morgan fingerprint density at radius 3 is 1.41 bits per heavy atom. The third-order valence-corrected chi connectivity index (χ3v) is 1.94. The van der Waals surface area contributed by atoms with Crippen molar-refractivity contribution in [1.29, 1.82) is 0 Å². The predicted octanol–water partition coefficient (Wildman–Crippen LogP) is -0.879. The van der Waals surface area contributed by atoms with Crippen molar-refractivity contribution in [2.24, 2.45) is 0 Å². The molecule has 94 valence electrons. The van der Waals surface area contributed by atoms with Crippen LogP contribution in [0.25, 0.3) is 0 Å². The maximum absolute atomic E-state index is 2.20. The second-order valence-electron chi connectivity index (χ2n) is 4.70. The molecule has 0 saturated heterocycles. The molecule has 0 aromatic heterocycles. The van der Waals surface area contributed by atoms with Gasteiger partial charge < -0.3 is 28.5 Å². The molecule has 2 saturated carbocycles. The van der Waals surface area contributed by atoms with Crippen LogP contribution < -0.4 is 24.0 Å². The van der Waals surface area contributed by atoms with Gasteiger partial charge in [-0.25, -0.2) is 0 Å². The zero-order chi connectivity index (χ0) is 11.1. The van der Waals surface area contributed by atoms with Gasteiger partial charge in [0.05, 0.1) is 27.7 Å². The summed E-state index contributed by atoms with van der Waals surface area (Å²) in [5.74, 6) is 1.42. The van der Waals surface area contributed by atoms with E-state index in [2.05, 4.69) is 46.8 Å². The van der Waals surface area contributed by atoms with Crippen LogP contribution in [0.2, 0.25) is 0 Å². The summed E-state index contributed by atoms with van der Waals surface area (Å²) in [4.78, 5) is 0. The Balaban J connectivity index is 0. The topological polar surface area (TPSA) is 0 Å². The molecule has 0 unspecified atom stereocenters. The zero-order valence-corrected chi connectivity index (χ0v) is 13.8. The van der Waals surface area contributed by atoms with Gasteiger partial charge in [0.1, 0.15) is 0 Å². The van der Waals surface area contributed by atoms with Crippen LogP contribution in [0.1, 0.15) is 0 Å². The molecule has 0 N–H and O–H groups in total. The van der Waals surface area contributed by atoms with Crippen molar-refractivity contribution in [2.45, 2.75) is 0 Å². The molecule has 0 heterocycles. The minimum atomic E-state index is 0. The number of hydrogen-bond acceptors (Lipinski definition) is 0. The smallest absolute Gasteiger partial charge is 1.00 e. The molecule has 1 nitrogen and oxygen atoms in total. The van der Waals surface area contributed by atoms with Gasteiger partial charge in [0.2, 0.25) is 0 Å². The summed E-state index contributed by atoms with van der Waals surface area (Å²) in [7, 11) is 6.60. The van der Waals surface area contributed by atoms with Crippen LogP contribution in [-0.4, -0.2) is 32.2 Å². The first-order chi connectivity index (χ1) is 7.08. The molecule has 0 aromatic carbocycles. The van der Waals surface area contributed by atoms with Crippen LogP contribution in [0.4, 0.5) is 0 Å². The first kappa shape index (κ1) is 20.5. The standard InChI is InChI=1S/C9H15N.C5H5.Fe.HI/c1-10(2,3)8-9-6-4-5-7-9;1-2-4-5-3-1;;/h4-7H,8H2,1-3H3;1-5H;;1H/q+1;;+2;/p-1. The Kier molecular flexibility index (Phi) is 13.4.